The van der Waals surface area contributed by atoms with Gasteiger partial charge >= 0.3 is 0 Å². The zero-order chi connectivity index (χ0) is 9.90. The monoisotopic (exact) mass is 185 g/mol. The number of nitrogens with two attached hydrogens (primary N) is 1. The van der Waals surface area contributed by atoms with Gasteiger partial charge in [0, 0.05) is 25.4 Å². The molecule has 0 aromatic carbocycles. The molecule has 0 fully saturated rings. The van der Waals surface area contributed by atoms with E-state index in [1.807, 2.05) is 6.92 Å². The molecule has 0 aliphatic carbocycles. The lowest BCUT2D eigenvalue weighted by Gasteiger charge is -2.21. The summed E-state index contributed by atoms with van der Waals surface area (Å²) >= 11 is 0. The Balaban J connectivity index is 2.88. The predicted octanol–water partition coefficient (Wildman–Crippen LogP) is 1.34. The van der Waals surface area contributed by atoms with Gasteiger partial charge in [-0.1, -0.05) is 13.3 Å². The van der Waals surface area contributed by atoms with Crippen molar-refractivity contribution in [3.05, 3.63) is 18.0 Å². The van der Waals surface area contributed by atoms with E-state index < -0.39 is 5.67 Å². The zero-order valence-electron chi connectivity index (χ0n) is 8.13. The van der Waals surface area contributed by atoms with Gasteiger partial charge in [0.2, 0.25) is 0 Å². The molecule has 2 N–H and O–H groups in total. The first-order chi connectivity index (χ1) is 6.12. The number of nitrogens with zero attached hydrogens (tertiary/aromatic N) is 2. The topological polar surface area (TPSA) is 43.8 Å². The van der Waals surface area contributed by atoms with E-state index in [1.165, 1.54) is 0 Å². The highest BCUT2D eigenvalue weighted by Gasteiger charge is 2.30. The minimum absolute atomic E-state index is 0.0204. The summed E-state index contributed by atoms with van der Waals surface area (Å²) in [6.45, 7) is 1.97. The summed E-state index contributed by atoms with van der Waals surface area (Å²) in [6.07, 6.45) is 4.46. The molecule has 1 heterocycles. The lowest BCUT2D eigenvalue weighted by Crippen LogP contribution is -2.29. The number of alkyl halides is 1. The highest BCUT2D eigenvalue weighted by atomic mass is 19.1. The van der Waals surface area contributed by atoms with Crippen molar-refractivity contribution in [1.29, 1.82) is 0 Å². The van der Waals surface area contributed by atoms with Gasteiger partial charge in [0.25, 0.3) is 0 Å². The van der Waals surface area contributed by atoms with Crippen LogP contribution >= 0.6 is 0 Å². The van der Waals surface area contributed by atoms with E-state index in [9.17, 15) is 4.39 Å². The molecule has 13 heavy (non-hydrogen) atoms. The third-order valence-electron chi connectivity index (χ3n) is 2.19. The van der Waals surface area contributed by atoms with Crippen LogP contribution in [-0.4, -0.2) is 16.3 Å². The molecular formula is C9H16FN3. The van der Waals surface area contributed by atoms with E-state index in [1.54, 1.807) is 24.1 Å². The summed E-state index contributed by atoms with van der Waals surface area (Å²) in [6, 6.07) is 0. The molecule has 0 aliphatic heterocycles. The molecule has 0 saturated heterocycles. The summed E-state index contributed by atoms with van der Waals surface area (Å²) in [5.74, 6) is 0. The molecule has 74 valence electrons. The number of halogens is 1. The van der Waals surface area contributed by atoms with Crippen molar-refractivity contribution in [1.82, 2.24) is 9.78 Å². The maximum absolute atomic E-state index is 14.1. The third kappa shape index (κ3) is 2.06. The normalized spacial score (nSPS) is 15.7. The highest BCUT2D eigenvalue weighted by Crippen LogP contribution is 2.29. The summed E-state index contributed by atoms with van der Waals surface area (Å²) in [7, 11) is 1.77. The van der Waals surface area contributed by atoms with Crippen LogP contribution < -0.4 is 5.73 Å². The number of aromatic nitrogens is 2. The van der Waals surface area contributed by atoms with Crippen LogP contribution in [0.3, 0.4) is 0 Å². The second kappa shape index (κ2) is 3.87. The molecule has 1 aromatic heterocycles. The van der Waals surface area contributed by atoms with Crippen LogP contribution in [0.15, 0.2) is 12.4 Å². The van der Waals surface area contributed by atoms with Gasteiger partial charge in [-0.25, -0.2) is 4.39 Å². The van der Waals surface area contributed by atoms with Gasteiger partial charge in [-0.15, -0.1) is 0 Å². The summed E-state index contributed by atoms with van der Waals surface area (Å²) in [5.41, 5.74) is 4.61. The summed E-state index contributed by atoms with van der Waals surface area (Å²) in [5, 5.41) is 3.93. The average molecular weight is 185 g/mol. The Bertz CT molecular complexity index is 272. The van der Waals surface area contributed by atoms with Crippen LogP contribution in [0.1, 0.15) is 25.3 Å². The Morgan fingerprint density at radius 2 is 2.38 bits per heavy atom. The van der Waals surface area contributed by atoms with E-state index in [-0.39, 0.29) is 6.54 Å². The highest BCUT2D eigenvalue weighted by molar-refractivity contribution is 5.15. The van der Waals surface area contributed by atoms with Crippen LogP contribution in [0, 0.1) is 0 Å². The first-order valence-corrected chi connectivity index (χ1v) is 4.50. The first kappa shape index (κ1) is 10.2. The second-order valence-electron chi connectivity index (χ2n) is 3.32. The SMILES string of the molecule is CCCC(F)(CN)c1cnn(C)c1. The molecule has 1 atom stereocenters. The van der Waals surface area contributed by atoms with Crippen molar-refractivity contribution in [2.24, 2.45) is 12.8 Å². The lowest BCUT2D eigenvalue weighted by molar-refractivity contribution is 0.159. The maximum atomic E-state index is 14.1. The van der Waals surface area contributed by atoms with E-state index in [4.69, 9.17) is 5.73 Å². The smallest absolute Gasteiger partial charge is 0.151 e. The molecule has 1 unspecified atom stereocenters. The van der Waals surface area contributed by atoms with Gasteiger partial charge in [-0.05, 0) is 6.42 Å². The van der Waals surface area contributed by atoms with Gasteiger partial charge in [-0.2, -0.15) is 5.10 Å². The maximum Gasteiger partial charge on any atom is 0.151 e. The number of hydrogen-bond acceptors (Lipinski definition) is 2. The quantitative estimate of drug-likeness (QED) is 0.769. The average Bonchev–Trinajstić information content (AvgIpc) is 2.52. The number of rotatable bonds is 4. The summed E-state index contributed by atoms with van der Waals surface area (Å²) < 4.78 is 15.7. The van der Waals surface area contributed by atoms with Gasteiger partial charge in [-0.3, -0.25) is 4.68 Å². The molecule has 0 spiro atoms. The fourth-order valence-electron chi connectivity index (χ4n) is 1.41. The van der Waals surface area contributed by atoms with Crippen LogP contribution in [0.4, 0.5) is 4.39 Å². The fourth-order valence-corrected chi connectivity index (χ4v) is 1.41. The van der Waals surface area contributed by atoms with Crippen LogP contribution in [0.5, 0.6) is 0 Å². The van der Waals surface area contributed by atoms with Crippen molar-refractivity contribution < 1.29 is 4.39 Å². The van der Waals surface area contributed by atoms with Crippen LogP contribution in [0.2, 0.25) is 0 Å². The molecule has 1 aromatic rings. The predicted molar refractivity (Wildman–Crippen MR) is 50.0 cm³/mol. The van der Waals surface area contributed by atoms with Gasteiger partial charge in [0.05, 0.1) is 6.20 Å². The van der Waals surface area contributed by atoms with Gasteiger partial charge in [0.15, 0.2) is 5.67 Å². The van der Waals surface area contributed by atoms with Crippen molar-refractivity contribution >= 4 is 0 Å². The zero-order valence-corrected chi connectivity index (χ0v) is 8.13. The summed E-state index contributed by atoms with van der Waals surface area (Å²) in [4.78, 5) is 0. The molecule has 0 aliphatic rings. The van der Waals surface area contributed by atoms with Gasteiger partial charge < -0.3 is 5.73 Å². The van der Waals surface area contributed by atoms with Crippen LogP contribution in [0.25, 0.3) is 0 Å². The Morgan fingerprint density at radius 1 is 1.69 bits per heavy atom. The molecule has 0 amide bonds. The van der Waals surface area contributed by atoms with E-state index >= 15 is 0 Å². The molecule has 3 nitrogen and oxygen atoms in total. The van der Waals surface area contributed by atoms with Crippen molar-refractivity contribution in [2.75, 3.05) is 6.54 Å². The van der Waals surface area contributed by atoms with Crippen LogP contribution in [-0.2, 0) is 12.7 Å². The molecule has 0 saturated carbocycles. The Kier molecular flexibility index (Phi) is 3.03. The molecule has 4 heteroatoms. The fraction of sp³-hybridized carbons (Fsp3) is 0.667. The van der Waals surface area contributed by atoms with Crippen molar-refractivity contribution in [2.45, 2.75) is 25.4 Å². The number of aryl methyl sites for hydroxylation is 1. The third-order valence-corrected chi connectivity index (χ3v) is 2.19. The van der Waals surface area contributed by atoms with Crippen molar-refractivity contribution in [3.63, 3.8) is 0 Å². The lowest BCUT2D eigenvalue weighted by atomic mass is 9.94. The second-order valence-corrected chi connectivity index (χ2v) is 3.32. The first-order valence-electron chi connectivity index (χ1n) is 4.50. The Hall–Kier alpha value is -0.900. The molecule has 1 rings (SSSR count). The number of hydrogen-bond donors (Lipinski definition) is 1. The standard InChI is InChI=1S/C9H16FN3/c1-3-4-9(10,7-11)8-5-12-13(2)6-8/h5-6H,3-4,7,11H2,1-2H3. The minimum atomic E-state index is -1.40. The van der Waals surface area contributed by atoms with E-state index in [0.29, 0.717) is 12.0 Å². The Labute approximate surface area is 77.7 Å². The van der Waals surface area contributed by atoms with E-state index in [2.05, 4.69) is 5.10 Å². The Morgan fingerprint density at radius 3 is 2.77 bits per heavy atom. The minimum Gasteiger partial charge on any atom is -0.327 e. The van der Waals surface area contributed by atoms with E-state index in [0.717, 1.165) is 6.42 Å². The van der Waals surface area contributed by atoms with Crippen molar-refractivity contribution in [3.8, 4) is 0 Å². The largest absolute Gasteiger partial charge is 0.327 e. The molecular weight excluding hydrogens is 169 g/mol. The molecule has 0 bridgehead atoms. The van der Waals surface area contributed by atoms with Gasteiger partial charge in [0.1, 0.15) is 0 Å². The molecule has 0 radical (unpaired) electrons.